The first kappa shape index (κ1) is 23.2. The van der Waals surface area contributed by atoms with Gasteiger partial charge in [0, 0.05) is 6.04 Å². The summed E-state index contributed by atoms with van der Waals surface area (Å²) >= 11 is 0. The summed E-state index contributed by atoms with van der Waals surface area (Å²) < 4.78 is 5.02. The molecule has 2 aromatic rings. The highest BCUT2D eigenvalue weighted by atomic mass is 16.5. The normalized spacial score (nSPS) is 19.4. The topological polar surface area (TPSA) is 122 Å². The van der Waals surface area contributed by atoms with Crippen molar-refractivity contribution < 1.29 is 28.7 Å². The molecule has 2 aliphatic rings. The first-order valence-corrected chi connectivity index (χ1v) is 11.2. The molecule has 0 aromatic heterocycles. The fourth-order valence-electron chi connectivity index (χ4n) is 4.31. The zero-order valence-corrected chi connectivity index (χ0v) is 18.7. The molecule has 5 amide bonds. The number of hydrogen-bond donors (Lipinski definition) is 2. The number of nitrogens with zero attached hydrogens (tertiary/aromatic N) is 1. The molecular weight excluding hydrogens is 438 g/mol. The number of carbonyl (C=O) groups is 5. The lowest BCUT2D eigenvalue weighted by atomic mass is 9.86. The van der Waals surface area contributed by atoms with E-state index in [2.05, 4.69) is 17.6 Å². The molecule has 9 heteroatoms. The Hall–Kier alpha value is -4.01. The van der Waals surface area contributed by atoms with Crippen molar-refractivity contribution in [1.82, 2.24) is 10.6 Å². The van der Waals surface area contributed by atoms with Crippen LogP contribution in [-0.2, 0) is 9.53 Å². The maximum atomic E-state index is 12.7. The van der Waals surface area contributed by atoms with Gasteiger partial charge in [-0.2, -0.15) is 0 Å². The average molecular weight is 463 g/mol. The van der Waals surface area contributed by atoms with Gasteiger partial charge in [0.25, 0.3) is 17.7 Å². The summed E-state index contributed by atoms with van der Waals surface area (Å²) in [6, 6.07) is 11.7. The lowest BCUT2D eigenvalue weighted by Gasteiger charge is -2.29. The first-order chi connectivity index (χ1) is 16.3. The van der Waals surface area contributed by atoms with Gasteiger partial charge < -0.3 is 10.1 Å². The Morgan fingerprint density at radius 2 is 1.65 bits per heavy atom. The third kappa shape index (κ3) is 4.83. The van der Waals surface area contributed by atoms with Gasteiger partial charge in [-0.15, -0.1) is 0 Å². The second-order valence-corrected chi connectivity index (χ2v) is 8.51. The Kier molecular flexibility index (Phi) is 6.72. The summed E-state index contributed by atoms with van der Waals surface area (Å²) in [7, 11) is 0. The van der Waals surface area contributed by atoms with Crippen molar-refractivity contribution in [3.05, 3.63) is 65.2 Å². The molecule has 176 valence electrons. The molecule has 2 unspecified atom stereocenters. The predicted octanol–water partition coefficient (Wildman–Crippen LogP) is 3.05. The number of ether oxygens (including phenoxy) is 1. The molecule has 34 heavy (non-hydrogen) atoms. The molecule has 0 saturated heterocycles. The third-order valence-electron chi connectivity index (χ3n) is 6.15. The van der Waals surface area contributed by atoms with Crippen molar-refractivity contribution in [3.63, 3.8) is 0 Å². The molecule has 2 aromatic carbocycles. The van der Waals surface area contributed by atoms with Crippen molar-refractivity contribution in [1.29, 1.82) is 0 Å². The van der Waals surface area contributed by atoms with E-state index in [9.17, 15) is 24.0 Å². The third-order valence-corrected chi connectivity index (χ3v) is 6.15. The molecule has 4 rings (SSSR count). The van der Waals surface area contributed by atoms with Crippen LogP contribution in [0.2, 0.25) is 0 Å². The second kappa shape index (κ2) is 9.86. The van der Waals surface area contributed by atoms with E-state index in [1.807, 2.05) is 0 Å². The van der Waals surface area contributed by atoms with Crippen LogP contribution in [0.25, 0.3) is 0 Å². The highest BCUT2D eigenvalue weighted by molar-refractivity contribution is 6.34. The summed E-state index contributed by atoms with van der Waals surface area (Å²) in [4.78, 5) is 62.9. The van der Waals surface area contributed by atoms with Gasteiger partial charge in [-0.3, -0.25) is 19.7 Å². The Bertz CT molecular complexity index is 1130. The maximum absolute atomic E-state index is 12.7. The summed E-state index contributed by atoms with van der Waals surface area (Å²) in [5.41, 5.74) is 0.851. The monoisotopic (exact) mass is 463 g/mol. The van der Waals surface area contributed by atoms with Crippen molar-refractivity contribution in [2.75, 3.05) is 11.5 Å². The Balaban J connectivity index is 1.33. The van der Waals surface area contributed by atoms with Crippen LogP contribution in [0.4, 0.5) is 10.5 Å². The minimum absolute atomic E-state index is 0.00832. The van der Waals surface area contributed by atoms with Crippen LogP contribution in [0.3, 0.4) is 0 Å². The fraction of sp³-hybridized carbons (Fsp3) is 0.320. The van der Waals surface area contributed by atoms with E-state index in [0.717, 1.165) is 30.6 Å². The van der Waals surface area contributed by atoms with Crippen LogP contribution < -0.4 is 15.5 Å². The number of rotatable bonds is 5. The zero-order chi connectivity index (χ0) is 24.2. The highest BCUT2D eigenvalue weighted by Gasteiger charge is 2.36. The second-order valence-electron chi connectivity index (χ2n) is 8.51. The summed E-state index contributed by atoms with van der Waals surface area (Å²) in [5, 5.41) is 4.96. The fourth-order valence-corrected chi connectivity index (χ4v) is 4.31. The highest BCUT2D eigenvalue weighted by Crippen LogP contribution is 2.29. The zero-order valence-electron chi connectivity index (χ0n) is 18.7. The van der Waals surface area contributed by atoms with Gasteiger partial charge in [0.15, 0.2) is 6.61 Å². The molecule has 1 fully saturated rings. The number of urea groups is 1. The first-order valence-electron chi connectivity index (χ1n) is 11.2. The molecule has 1 heterocycles. The molecule has 2 N–H and O–H groups in total. The number of anilines is 1. The van der Waals surface area contributed by atoms with Gasteiger partial charge >= 0.3 is 12.0 Å². The van der Waals surface area contributed by atoms with Gasteiger partial charge in [0.05, 0.1) is 22.4 Å². The Labute approximate surface area is 196 Å². The molecule has 0 spiro atoms. The average Bonchev–Trinajstić information content (AvgIpc) is 3.09. The van der Waals surface area contributed by atoms with Crippen LogP contribution in [0, 0.1) is 5.92 Å². The molecular formula is C25H25N3O6. The van der Waals surface area contributed by atoms with E-state index < -0.39 is 36.3 Å². The molecule has 0 bridgehead atoms. The SMILES string of the molecule is CC1CCCCC1NC(=O)NC(=O)COC(=O)c1cccc(N2C(=O)c3ccccc3C2=O)c1. The van der Waals surface area contributed by atoms with Crippen LogP contribution in [-0.4, -0.2) is 42.4 Å². The molecule has 1 saturated carbocycles. The van der Waals surface area contributed by atoms with Crippen molar-refractivity contribution in [2.24, 2.45) is 5.92 Å². The van der Waals surface area contributed by atoms with Crippen LogP contribution in [0.5, 0.6) is 0 Å². The van der Waals surface area contributed by atoms with Crippen molar-refractivity contribution in [2.45, 2.75) is 38.6 Å². The number of esters is 1. The summed E-state index contributed by atoms with van der Waals surface area (Å²) in [5.74, 6) is -2.21. The lowest BCUT2D eigenvalue weighted by Crippen LogP contribution is -2.48. The molecule has 9 nitrogen and oxygen atoms in total. The molecule has 1 aliphatic heterocycles. The number of nitrogens with one attached hydrogen (secondary N) is 2. The number of imide groups is 2. The van der Waals surface area contributed by atoms with Crippen LogP contribution >= 0.6 is 0 Å². The van der Waals surface area contributed by atoms with E-state index in [-0.39, 0.29) is 28.4 Å². The Morgan fingerprint density at radius 1 is 0.971 bits per heavy atom. The standard InChI is InChI=1S/C25H25N3O6/c1-15-7-2-5-12-20(15)26-25(33)27-21(29)14-34-24(32)16-8-6-9-17(13-16)28-22(30)18-10-3-4-11-19(18)23(28)31/h3-4,6,8-11,13,15,20H,2,5,7,12,14H2,1H3,(H2,26,27,29,33). The number of amides is 5. The van der Waals surface area contributed by atoms with E-state index in [1.165, 1.54) is 24.3 Å². The van der Waals surface area contributed by atoms with E-state index in [4.69, 9.17) is 4.74 Å². The van der Waals surface area contributed by atoms with Gasteiger partial charge in [-0.25, -0.2) is 14.5 Å². The Morgan fingerprint density at radius 3 is 2.32 bits per heavy atom. The van der Waals surface area contributed by atoms with E-state index in [0.29, 0.717) is 5.92 Å². The molecule has 2 atom stereocenters. The quantitative estimate of drug-likeness (QED) is 0.519. The largest absolute Gasteiger partial charge is 0.452 e. The van der Waals surface area contributed by atoms with Gasteiger partial charge in [-0.05, 0) is 49.1 Å². The summed E-state index contributed by atoms with van der Waals surface area (Å²) in [6.07, 6.45) is 4.04. The minimum Gasteiger partial charge on any atom is -0.452 e. The van der Waals surface area contributed by atoms with Crippen LogP contribution in [0.15, 0.2) is 48.5 Å². The molecule has 1 aliphatic carbocycles. The van der Waals surface area contributed by atoms with Crippen molar-refractivity contribution >= 4 is 35.4 Å². The number of hydrogen-bond acceptors (Lipinski definition) is 6. The predicted molar refractivity (Wildman–Crippen MR) is 122 cm³/mol. The maximum Gasteiger partial charge on any atom is 0.338 e. The van der Waals surface area contributed by atoms with Gasteiger partial charge in [0.1, 0.15) is 0 Å². The van der Waals surface area contributed by atoms with Crippen LogP contribution in [0.1, 0.15) is 63.7 Å². The smallest absolute Gasteiger partial charge is 0.338 e. The van der Waals surface area contributed by atoms with E-state index in [1.54, 1.807) is 24.3 Å². The number of benzene rings is 2. The lowest BCUT2D eigenvalue weighted by molar-refractivity contribution is -0.123. The summed E-state index contributed by atoms with van der Waals surface area (Å²) in [6.45, 7) is 1.41. The number of fused-ring (bicyclic) bond motifs is 1. The van der Waals surface area contributed by atoms with Gasteiger partial charge in [-0.1, -0.05) is 38.0 Å². The minimum atomic E-state index is -0.824. The molecule has 0 radical (unpaired) electrons. The number of carbonyl (C=O) groups excluding carboxylic acids is 5. The van der Waals surface area contributed by atoms with Gasteiger partial charge in [0.2, 0.25) is 0 Å². The van der Waals surface area contributed by atoms with E-state index >= 15 is 0 Å². The van der Waals surface area contributed by atoms with Crippen molar-refractivity contribution in [3.8, 4) is 0 Å².